The SMILES string of the molecule is CCCCCC/C=C\CCCCCCCC(=O)OCCCCCCCCCCCCCCCCCCCCCCCCCCCCCCCCCCCC(=O)NC(CO)C(O)/C=C/CCCCCCCCCCCCCCC. The van der Waals surface area contributed by atoms with Crippen molar-refractivity contribution in [1.82, 2.24) is 5.32 Å². The van der Waals surface area contributed by atoms with Gasteiger partial charge in [0.15, 0.2) is 0 Å². The second-order valence-electron chi connectivity index (χ2n) is 24.6. The third-order valence-corrected chi connectivity index (χ3v) is 16.7. The summed E-state index contributed by atoms with van der Waals surface area (Å²) in [5.74, 6) is -0.0480. The summed E-state index contributed by atoms with van der Waals surface area (Å²) in [7, 11) is 0. The fourth-order valence-electron chi connectivity index (χ4n) is 11.3. The minimum Gasteiger partial charge on any atom is -0.466 e. The first-order valence-electron chi connectivity index (χ1n) is 35.6. The summed E-state index contributed by atoms with van der Waals surface area (Å²) in [5, 5.41) is 23.2. The van der Waals surface area contributed by atoms with Crippen molar-refractivity contribution in [2.45, 2.75) is 411 Å². The molecule has 6 nitrogen and oxygen atoms in total. The standard InChI is InChI=1S/C72H139NO5/c1-3-5-7-9-11-13-15-17-37-41-44-48-52-56-60-64-70(75)69(68-74)73-71(76)65-61-57-53-49-45-42-38-35-33-31-29-27-25-23-21-19-18-20-22-24-26-28-30-32-34-36-39-43-47-51-55-59-63-67-78-72(77)66-62-58-54-50-46-40-16-14-12-10-8-6-4-2/h14,16,60,64,69-70,74-75H,3-13,15,17-59,61-63,65-68H2,1-2H3,(H,73,76)/b16-14-,64-60+. The number of aliphatic hydroxyl groups is 2. The van der Waals surface area contributed by atoms with E-state index in [9.17, 15) is 19.8 Å². The third kappa shape index (κ3) is 63.5. The Morgan fingerprint density at radius 2 is 0.603 bits per heavy atom. The molecular formula is C72H139NO5. The molecule has 0 aliphatic carbocycles. The summed E-state index contributed by atoms with van der Waals surface area (Å²) < 4.78 is 5.48. The first-order chi connectivity index (χ1) is 38.5. The van der Waals surface area contributed by atoms with Crippen LogP contribution in [-0.4, -0.2) is 47.4 Å². The van der Waals surface area contributed by atoms with Crippen LogP contribution < -0.4 is 5.32 Å². The number of nitrogens with one attached hydrogen (secondary N) is 1. The molecule has 1 amide bonds. The highest BCUT2D eigenvalue weighted by atomic mass is 16.5. The molecular weight excluding hydrogens is 959 g/mol. The van der Waals surface area contributed by atoms with E-state index < -0.39 is 12.1 Å². The second kappa shape index (κ2) is 67.8. The highest BCUT2D eigenvalue weighted by Gasteiger charge is 2.18. The molecule has 0 bridgehead atoms. The first-order valence-corrected chi connectivity index (χ1v) is 35.6. The molecule has 0 saturated carbocycles. The summed E-state index contributed by atoms with van der Waals surface area (Å²) in [6.07, 6.45) is 85.6. The van der Waals surface area contributed by atoms with Crippen LogP contribution in [0.1, 0.15) is 399 Å². The zero-order chi connectivity index (χ0) is 56.4. The lowest BCUT2D eigenvalue weighted by Gasteiger charge is -2.20. The van der Waals surface area contributed by atoms with E-state index in [-0.39, 0.29) is 18.5 Å². The number of carbonyl (C=O) groups is 2. The van der Waals surface area contributed by atoms with Crippen LogP contribution in [0.2, 0.25) is 0 Å². The van der Waals surface area contributed by atoms with E-state index in [2.05, 4.69) is 31.3 Å². The van der Waals surface area contributed by atoms with E-state index in [1.54, 1.807) is 6.08 Å². The molecule has 78 heavy (non-hydrogen) atoms. The summed E-state index contributed by atoms with van der Waals surface area (Å²) in [6.45, 7) is 4.92. The Kier molecular flexibility index (Phi) is 66.4. The van der Waals surface area contributed by atoms with Crippen molar-refractivity contribution in [3.63, 3.8) is 0 Å². The molecule has 0 heterocycles. The van der Waals surface area contributed by atoms with Crippen LogP contribution in [0, 0.1) is 0 Å². The van der Waals surface area contributed by atoms with Gasteiger partial charge >= 0.3 is 5.97 Å². The van der Waals surface area contributed by atoms with Crippen LogP contribution in [0.3, 0.4) is 0 Å². The molecule has 2 atom stereocenters. The highest BCUT2D eigenvalue weighted by Crippen LogP contribution is 2.19. The van der Waals surface area contributed by atoms with Gasteiger partial charge in [0.25, 0.3) is 0 Å². The average molecular weight is 1100 g/mol. The van der Waals surface area contributed by atoms with Gasteiger partial charge in [-0.05, 0) is 57.8 Å². The molecule has 0 aliphatic heterocycles. The Balaban J connectivity index is 3.33. The fourth-order valence-corrected chi connectivity index (χ4v) is 11.3. The van der Waals surface area contributed by atoms with Crippen LogP contribution in [0.15, 0.2) is 24.3 Å². The number of carbonyl (C=O) groups excluding carboxylic acids is 2. The molecule has 462 valence electrons. The summed E-state index contributed by atoms with van der Waals surface area (Å²) in [5.41, 5.74) is 0. The lowest BCUT2D eigenvalue weighted by Crippen LogP contribution is -2.45. The molecule has 2 unspecified atom stereocenters. The average Bonchev–Trinajstić information content (AvgIpc) is 3.44. The predicted molar refractivity (Wildman–Crippen MR) is 343 cm³/mol. The smallest absolute Gasteiger partial charge is 0.305 e. The lowest BCUT2D eigenvalue weighted by molar-refractivity contribution is -0.143. The molecule has 6 heteroatoms. The zero-order valence-electron chi connectivity index (χ0n) is 52.9. The number of rotatable bonds is 67. The van der Waals surface area contributed by atoms with E-state index in [1.165, 1.54) is 327 Å². The minimum absolute atomic E-state index is 0.0126. The van der Waals surface area contributed by atoms with Crippen LogP contribution in [-0.2, 0) is 14.3 Å². The Labute approximate surface area is 488 Å². The van der Waals surface area contributed by atoms with E-state index in [1.807, 2.05) is 6.08 Å². The number of hydrogen-bond acceptors (Lipinski definition) is 5. The molecule has 0 aromatic rings. The number of hydrogen-bond donors (Lipinski definition) is 3. The molecule has 3 N–H and O–H groups in total. The third-order valence-electron chi connectivity index (χ3n) is 16.7. The first kappa shape index (κ1) is 76.3. The van der Waals surface area contributed by atoms with Gasteiger partial charge in [-0.15, -0.1) is 0 Å². The molecule has 0 rings (SSSR count). The summed E-state index contributed by atoms with van der Waals surface area (Å²) in [4.78, 5) is 24.5. The van der Waals surface area contributed by atoms with Crippen molar-refractivity contribution in [1.29, 1.82) is 0 Å². The molecule has 0 spiro atoms. The molecule has 0 aromatic carbocycles. The number of unbranched alkanes of at least 4 members (excludes halogenated alkanes) is 54. The maximum Gasteiger partial charge on any atom is 0.305 e. The van der Waals surface area contributed by atoms with E-state index in [4.69, 9.17) is 4.74 Å². The summed E-state index contributed by atoms with van der Waals surface area (Å²) >= 11 is 0. The molecule has 0 saturated heterocycles. The van der Waals surface area contributed by atoms with Crippen molar-refractivity contribution in [3.8, 4) is 0 Å². The van der Waals surface area contributed by atoms with Gasteiger partial charge in [-0.3, -0.25) is 9.59 Å². The van der Waals surface area contributed by atoms with Gasteiger partial charge in [0.1, 0.15) is 0 Å². The molecule has 0 aliphatic rings. The number of allylic oxidation sites excluding steroid dienone is 3. The van der Waals surface area contributed by atoms with Crippen LogP contribution >= 0.6 is 0 Å². The van der Waals surface area contributed by atoms with Crippen LogP contribution in [0.25, 0.3) is 0 Å². The largest absolute Gasteiger partial charge is 0.466 e. The molecule has 0 fully saturated rings. The van der Waals surface area contributed by atoms with Gasteiger partial charge in [-0.25, -0.2) is 0 Å². The van der Waals surface area contributed by atoms with Crippen molar-refractivity contribution >= 4 is 11.9 Å². The Morgan fingerprint density at radius 1 is 0.346 bits per heavy atom. The zero-order valence-corrected chi connectivity index (χ0v) is 52.9. The van der Waals surface area contributed by atoms with Gasteiger partial charge in [-0.1, -0.05) is 353 Å². The maximum absolute atomic E-state index is 12.5. The molecule has 0 radical (unpaired) electrons. The Hall–Kier alpha value is -1.66. The second-order valence-corrected chi connectivity index (χ2v) is 24.6. The van der Waals surface area contributed by atoms with Gasteiger partial charge in [0.05, 0.1) is 25.4 Å². The van der Waals surface area contributed by atoms with Crippen molar-refractivity contribution in [3.05, 3.63) is 24.3 Å². The van der Waals surface area contributed by atoms with E-state index >= 15 is 0 Å². The van der Waals surface area contributed by atoms with Crippen LogP contribution in [0.5, 0.6) is 0 Å². The fraction of sp³-hybridized carbons (Fsp3) is 0.917. The van der Waals surface area contributed by atoms with Gasteiger partial charge in [0, 0.05) is 12.8 Å². The lowest BCUT2D eigenvalue weighted by atomic mass is 10.0. The monoisotopic (exact) mass is 1100 g/mol. The van der Waals surface area contributed by atoms with Gasteiger partial charge in [0.2, 0.25) is 5.91 Å². The minimum atomic E-state index is -0.840. The van der Waals surface area contributed by atoms with Crippen molar-refractivity contribution < 1.29 is 24.5 Å². The quantitative estimate of drug-likeness (QED) is 0.0320. The van der Waals surface area contributed by atoms with Gasteiger partial charge in [-0.2, -0.15) is 0 Å². The number of amides is 1. The maximum atomic E-state index is 12.5. The summed E-state index contributed by atoms with van der Waals surface area (Å²) in [6, 6.07) is -0.623. The predicted octanol–water partition coefficient (Wildman–Crippen LogP) is 22.9. The van der Waals surface area contributed by atoms with Crippen molar-refractivity contribution in [2.24, 2.45) is 0 Å². The van der Waals surface area contributed by atoms with Crippen LogP contribution in [0.4, 0.5) is 0 Å². The van der Waals surface area contributed by atoms with E-state index in [0.29, 0.717) is 19.4 Å². The number of ether oxygens (including phenoxy) is 1. The normalized spacial score (nSPS) is 12.6. The number of esters is 1. The number of aliphatic hydroxyl groups excluding tert-OH is 2. The van der Waals surface area contributed by atoms with Crippen molar-refractivity contribution in [2.75, 3.05) is 13.2 Å². The Bertz CT molecular complexity index is 1220. The highest BCUT2D eigenvalue weighted by molar-refractivity contribution is 5.76. The Morgan fingerprint density at radius 3 is 0.923 bits per heavy atom. The van der Waals surface area contributed by atoms with Gasteiger partial charge < -0.3 is 20.3 Å². The topological polar surface area (TPSA) is 95.9 Å². The molecule has 0 aromatic heterocycles. The van der Waals surface area contributed by atoms with E-state index in [0.717, 1.165) is 44.9 Å².